The third kappa shape index (κ3) is 3.19. The number of aryl methyl sites for hydroxylation is 1. The van der Waals surface area contributed by atoms with Crippen molar-refractivity contribution in [3.05, 3.63) is 53.1 Å². The number of hydrogen-bond donors (Lipinski definition) is 2. The highest BCUT2D eigenvalue weighted by molar-refractivity contribution is 7.92. The van der Waals surface area contributed by atoms with Crippen molar-refractivity contribution in [2.45, 2.75) is 11.8 Å². The first-order chi connectivity index (χ1) is 8.88. The number of nitrogen functional groups attached to an aromatic ring is 1. The molecule has 0 unspecified atom stereocenters. The maximum Gasteiger partial charge on any atom is 0.261 e. The molecule has 0 heterocycles. The third-order valence-electron chi connectivity index (χ3n) is 2.62. The Hall–Kier alpha value is -1.72. The lowest BCUT2D eigenvalue weighted by Crippen LogP contribution is -2.13. The monoisotopic (exact) mass is 296 g/mol. The summed E-state index contributed by atoms with van der Waals surface area (Å²) in [6, 6.07) is 11.0. The van der Waals surface area contributed by atoms with Crippen LogP contribution in [-0.2, 0) is 10.0 Å². The van der Waals surface area contributed by atoms with Crippen LogP contribution >= 0.6 is 11.6 Å². The summed E-state index contributed by atoms with van der Waals surface area (Å²) in [6.45, 7) is 1.79. The fraction of sp³-hybridized carbons (Fsp3) is 0.0769. The molecule has 4 nitrogen and oxygen atoms in total. The van der Waals surface area contributed by atoms with E-state index in [1.807, 2.05) is 0 Å². The molecule has 0 fully saturated rings. The Balaban J connectivity index is 2.33. The summed E-state index contributed by atoms with van der Waals surface area (Å²) in [4.78, 5) is 0.160. The predicted octanol–water partition coefficient (Wildman–Crippen LogP) is 3.03. The summed E-state index contributed by atoms with van der Waals surface area (Å²) in [6.07, 6.45) is 0. The van der Waals surface area contributed by atoms with Gasteiger partial charge in [0, 0.05) is 10.7 Å². The Morgan fingerprint density at radius 1 is 1.11 bits per heavy atom. The molecule has 3 N–H and O–H groups in total. The maximum absolute atomic E-state index is 12.2. The average Bonchev–Trinajstić information content (AvgIpc) is 2.33. The second-order valence-corrected chi connectivity index (χ2v) is 6.25. The molecular weight excluding hydrogens is 284 g/mol. The summed E-state index contributed by atoms with van der Waals surface area (Å²) in [5, 5.41) is 0.489. The molecule has 0 saturated heterocycles. The van der Waals surface area contributed by atoms with E-state index in [0.29, 0.717) is 16.4 Å². The van der Waals surface area contributed by atoms with Gasteiger partial charge in [0.25, 0.3) is 10.0 Å². The largest absolute Gasteiger partial charge is 0.399 e. The fourth-order valence-corrected chi connectivity index (χ4v) is 2.88. The smallest absolute Gasteiger partial charge is 0.261 e. The van der Waals surface area contributed by atoms with E-state index in [-0.39, 0.29) is 4.90 Å². The van der Waals surface area contributed by atoms with E-state index < -0.39 is 10.0 Å². The zero-order valence-corrected chi connectivity index (χ0v) is 11.8. The van der Waals surface area contributed by atoms with Crippen LogP contribution in [0.5, 0.6) is 0 Å². The van der Waals surface area contributed by atoms with Gasteiger partial charge in [-0.15, -0.1) is 0 Å². The first-order valence-electron chi connectivity index (χ1n) is 5.53. The van der Waals surface area contributed by atoms with E-state index in [9.17, 15) is 8.42 Å². The van der Waals surface area contributed by atoms with Crippen molar-refractivity contribution in [2.75, 3.05) is 10.5 Å². The number of nitrogens with two attached hydrogens (primary N) is 1. The van der Waals surface area contributed by atoms with Crippen LogP contribution in [0.3, 0.4) is 0 Å². The van der Waals surface area contributed by atoms with E-state index in [4.69, 9.17) is 17.3 Å². The molecule has 100 valence electrons. The molecule has 0 radical (unpaired) electrons. The number of nitrogens with one attached hydrogen (secondary N) is 1. The molecule has 0 amide bonds. The SMILES string of the molecule is Cc1cc(N)ccc1NS(=O)(=O)c1ccc(Cl)cc1. The van der Waals surface area contributed by atoms with Crippen molar-refractivity contribution >= 4 is 33.0 Å². The molecule has 19 heavy (non-hydrogen) atoms. The summed E-state index contributed by atoms with van der Waals surface area (Å²) in [5.74, 6) is 0. The normalized spacial score (nSPS) is 11.3. The fourth-order valence-electron chi connectivity index (χ4n) is 1.62. The van der Waals surface area contributed by atoms with Gasteiger partial charge in [0.15, 0.2) is 0 Å². The summed E-state index contributed by atoms with van der Waals surface area (Å²) < 4.78 is 26.9. The van der Waals surface area contributed by atoms with Gasteiger partial charge in [-0.1, -0.05) is 11.6 Å². The number of benzene rings is 2. The van der Waals surface area contributed by atoms with Gasteiger partial charge in [-0.3, -0.25) is 4.72 Å². The molecule has 0 aliphatic carbocycles. The van der Waals surface area contributed by atoms with Crippen molar-refractivity contribution in [2.24, 2.45) is 0 Å². The highest BCUT2D eigenvalue weighted by atomic mass is 35.5. The van der Waals surface area contributed by atoms with Gasteiger partial charge in [0.2, 0.25) is 0 Å². The topological polar surface area (TPSA) is 72.2 Å². The third-order valence-corrected chi connectivity index (χ3v) is 4.25. The zero-order chi connectivity index (χ0) is 14.0. The number of anilines is 2. The molecule has 2 rings (SSSR count). The molecule has 0 aliphatic rings. The maximum atomic E-state index is 12.2. The van der Waals surface area contributed by atoms with Crippen molar-refractivity contribution in [1.82, 2.24) is 0 Å². The standard InChI is InChI=1S/C13H13ClN2O2S/c1-9-8-11(15)4-7-13(9)16-19(17,18)12-5-2-10(14)3-6-12/h2-8,16H,15H2,1H3. The molecular formula is C13H13ClN2O2S. The lowest BCUT2D eigenvalue weighted by Gasteiger charge is -2.11. The van der Waals surface area contributed by atoms with Crippen molar-refractivity contribution in [3.63, 3.8) is 0 Å². The Labute approximate surface area is 117 Å². The second-order valence-electron chi connectivity index (χ2n) is 4.13. The number of halogens is 1. The van der Waals surface area contributed by atoms with Gasteiger partial charge in [-0.2, -0.15) is 0 Å². The zero-order valence-electron chi connectivity index (χ0n) is 10.2. The summed E-state index contributed by atoms with van der Waals surface area (Å²) in [7, 11) is -3.61. The van der Waals surface area contributed by atoms with Crippen molar-refractivity contribution in [1.29, 1.82) is 0 Å². The molecule has 0 saturated carbocycles. The first-order valence-corrected chi connectivity index (χ1v) is 7.39. The molecule has 0 aromatic heterocycles. The lowest BCUT2D eigenvalue weighted by atomic mass is 10.2. The van der Waals surface area contributed by atoms with Crippen LogP contribution in [0.1, 0.15) is 5.56 Å². The van der Waals surface area contributed by atoms with Gasteiger partial charge in [-0.05, 0) is 55.0 Å². The van der Waals surface area contributed by atoms with Gasteiger partial charge in [-0.25, -0.2) is 8.42 Å². The van der Waals surface area contributed by atoms with E-state index in [1.54, 1.807) is 25.1 Å². The van der Waals surface area contributed by atoms with Crippen LogP contribution in [-0.4, -0.2) is 8.42 Å². The molecule has 0 spiro atoms. The molecule has 2 aromatic carbocycles. The van der Waals surface area contributed by atoms with Gasteiger partial charge in [0.05, 0.1) is 10.6 Å². The van der Waals surface area contributed by atoms with E-state index in [0.717, 1.165) is 5.56 Å². The van der Waals surface area contributed by atoms with Crippen molar-refractivity contribution < 1.29 is 8.42 Å². The van der Waals surface area contributed by atoms with Crippen LogP contribution in [0.25, 0.3) is 0 Å². The molecule has 6 heteroatoms. The van der Waals surface area contributed by atoms with Gasteiger partial charge in [0.1, 0.15) is 0 Å². The Kier molecular flexibility index (Phi) is 3.68. The predicted molar refractivity (Wildman–Crippen MR) is 77.9 cm³/mol. The van der Waals surface area contributed by atoms with Crippen LogP contribution in [0.4, 0.5) is 11.4 Å². The average molecular weight is 297 g/mol. The van der Waals surface area contributed by atoms with Crippen LogP contribution in [0, 0.1) is 6.92 Å². The minimum atomic E-state index is -3.61. The van der Waals surface area contributed by atoms with E-state index in [1.165, 1.54) is 24.3 Å². The highest BCUT2D eigenvalue weighted by Gasteiger charge is 2.14. The second kappa shape index (κ2) is 5.11. The minimum absolute atomic E-state index is 0.160. The minimum Gasteiger partial charge on any atom is -0.399 e. The summed E-state index contributed by atoms with van der Waals surface area (Å²) >= 11 is 5.74. The van der Waals surface area contributed by atoms with Crippen LogP contribution < -0.4 is 10.5 Å². The Morgan fingerprint density at radius 2 is 1.74 bits per heavy atom. The van der Waals surface area contributed by atoms with Crippen LogP contribution in [0.2, 0.25) is 5.02 Å². The van der Waals surface area contributed by atoms with E-state index >= 15 is 0 Å². The quantitative estimate of drug-likeness (QED) is 0.855. The Bertz CT molecular complexity index is 697. The highest BCUT2D eigenvalue weighted by Crippen LogP contribution is 2.22. The molecule has 0 aliphatic heterocycles. The van der Waals surface area contributed by atoms with Crippen molar-refractivity contribution in [3.8, 4) is 0 Å². The van der Waals surface area contributed by atoms with E-state index in [2.05, 4.69) is 4.72 Å². The van der Waals surface area contributed by atoms with Gasteiger partial charge < -0.3 is 5.73 Å². The molecule has 0 atom stereocenters. The van der Waals surface area contributed by atoms with Crippen LogP contribution in [0.15, 0.2) is 47.4 Å². The molecule has 2 aromatic rings. The first kappa shape index (κ1) is 13.7. The number of rotatable bonds is 3. The number of hydrogen-bond acceptors (Lipinski definition) is 3. The summed E-state index contributed by atoms with van der Waals surface area (Å²) in [5.41, 5.74) is 7.48. The Morgan fingerprint density at radius 3 is 2.32 bits per heavy atom. The lowest BCUT2D eigenvalue weighted by molar-refractivity contribution is 0.601. The number of sulfonamides is 1. The van der Waals surface area contributed by atoms with Gasteiger partial charge >= 0.3 is 0 Å². The molecule has 0 bridgehead atoms.